The van der Waals surface area contributed by atoms with E-state index in [0.717, 1.165) is 34.7 Å². The molecule has 0 atom stereocenters. The molecule has 2 N–H and O–H groups in total. The number of fused-ring (bicyclic) bond motifs is 1. The first-order valence-electron chi connectivity index (χ1n) is 7.69. The van der Waals surface area contributed by atoms with Gasteiger partial charge < -0.3 is 14.5 Å². The maximum Gasteiger partial charge on any atom is 0.137 e. The number of quaternary nitrogens is 2. The van der Waals surface area contributed by atoms with Gasteiger partial charge in [0, 0.05) is 15.8 Å². The van der Waals surface area contributed by atoms with Crippen LogP contribution in [0.2, 0.25) is 5.02 Å². The minimum absolute atomic E-state index is 0.764. The van der Waals surface area contributed by atoms with E-state index in [9.17, 15) is 0 Å². The van der Waals surface area contributed by atoms with Crippen molar-refractivity contribution in [3.8, 4) is 5.75 Å². The molecule has 0 spiro atoms. The highest BCUT2D eigenvalue weighted by Gasteiger charge is 2.19. The minimum Gasteiger partial charge on any atom is -0.487 e. The fraction of sp³-hybridized carbons (Fsp3) is 0.412. The number of rotatable bonds is 4. The van der Waals surface area contributed by atoms with Crippen LogP contribution in [-0.2, 0) is 0 Å². The van der Waals surface area contributed by atoms with Crippen LogP contribution in [0.1, 0.15) is 0 Å². The number of likely N-dealkylation sites (N-methyl/N-ethyl adjacent to an activating group) is 1. The molecule has 2 aromatic carbocycles. The first-order valence-corrected chi connectivity index (χ1v) is 8.07. The molecule has 0 amide bonds. The third kappa shape index (κ3) is 3.49. The van der Waals surface area contributed by atoms with Crippen LogP contribution in [0.5, 0.6) is 5.75 Å². The highest BCUT2D eigenvalue weighted by molar-refractivity contribution is 6.35. The van der Waals surface area contributed by atoms with Gasteiger partial charge in [0.15, 0.2) is 0 Å². The Bertz CT molecular complexity index is 609. The van der Waals surface area contributed by atoms with Gasteiger partial charge in [0.1, 0.15) is 45.1 Å². The minimum atomic E-state index is 0.764. The number of hydrogen-bond donors (Lipinski definition) is 2. The van der Waals surface area contributed by atoms with Gasteiger partial charge in [-0.15, -0.1) is 0 Å². The summed E-state index contributed by atoms with van der Waals surface area (Å²) < 4.78 is 6.02. The highest BCUT2D eigenvalue weighted by Crippen LogP contribution is 2.30. The summed E-state index contributed by atoms with van der Waals surface area (Å²) in [4.78, 5) is 3.29. The lowest BCUT2D eigenvalue weighted by Gasteiger charge is -2.27. The van der Waals surface area contributed by atoms with Crippen LogP contribution in [0.15, 0.2) is 36.4 Å². The van der Waals surface area contributed by atoms with Gasteiger partial charge in [-0.05, 0) is 12.1 Å². The molecule has 3 rings (SSSR count). The van der Waals surface area contributed by atoms with Crippen molar-refractivity contribution < 1.29 is 14.5 Å². The molecule has 0 radical (unpaired) electrons. The lowest BCUT2D eigenvalue weighted by molar-refractivity contribution is -1.00. The van der Waals surface area contributed by atoms with Crippen LogP contribution < -0.4 is 14.5 Å². The third-order valence-corrected chi connectivity index (χ3v) is 4.68. The van der Waals surface area contributed by atoms with Gasteiger partial charge in [0.25, 0.3) is 0 Å². The van der Waals surface area contributed by atoms with Crippen molar-refractivity contribution in [3.05, 3.63) is 41.4 Å². The SMILES string of the molecule is C[NH+]1CC[NH+](CCOc2ccc(Cl)c3ccccc23)CC1. The van der Waals surface area contributed by atoms with Crippen LogP contribution in [-0.4, -0.2) is 46.4 Å². The van der Waals surface area contributed by atoms with E-state index in [1.54, 1.807) is 9.80 Å². The molecule has 1 heterocycles. The first kappa shape index (κ1) is 14.6. The molecule has 3 nitrogen and oxygen atoms in total. The van der Waals surface area contributed by atoms with E-state index < -0.39 is 0 Å². The molecule has 1 fully saturated rings. The standard InChI is InChI=1S/C17H21ClN2O/c1-19-8-10-20(11-9-19)12-13-21-17-7-6-16(18)14-4-2-3-5-15(14)17/h2-7H,8-13H2,1H3/p+2. The van der Waals surface area contributed by atoms with Gasteiger partial charge in [0.05, 0.1) is 7.05 Å². The van der Waals surface area contributed by atoms with E-state index >= 15 is 0 Å². The van der Waals surface area contributed by atoms with E-state index in [1.807, 2.05) is 30.3 Å². The lowest BCUT2D eigenvalue weighted by atomic mass is 10.1. The molecule has 2 aromatic rings. The quantitative estimate of drug-likeness (QED) is 0.831. The van der Waals surface area contributed by atoms with Crippen LogP contribution in [0.3, 0.4) is 0 Å². The van der Waals surface area contributed by atoms with Crippen molar-refractivity contribution in [1.82, 2.24) is 0 Å². The summed E-state index contributed by atoms with van der Waals surface area (Å²) in [6.45, 7) is 6.86. The summed E-state index contributed by atoms with van der Waals surface area (Å²) in [5.74, 6) is 0.939. The van der Waals surface area contributed by atoms with Crippen LogP contribution in [0.25, 0.3) is 10.8 Å². The van der Waals surface area contributed by atoms with E-state index in [4.69, 9.17) is 16.3 Å². The molecule has 0 bridgehead atoms. The summed E-state index contributed by atoms with van der Waals surface area (Å²) in [5, 5.41) is 2.95. The van der Waals surface area contributed by atoms with E-state index in [0.29, 0.717) is 0 Å². The zero-order chi connectivity index (χ0) is 14.7. The van der Waals surface area contributed by atoms with E-state index in [1.165, 1.54) is 26.2 Å². The van der Waals surface area contributed by atoms with Gasteiger partial charge in [0.2, 0.25) is 0 Å². The van der Waals surface area contributed by atoms with Crippen molar-refractivity contribution in [3.63, 3.8) is 0 Å². The van der Waals surface area contributed by atoms with E-state index in [-0.39, 0.29) is 0 Å². The van der Waals surface area contributed by atoms with Crippen molar-refractivity contribution in [1.29, 1.82) is 0 Å². The fourth-order valence-corrected chi connectivity index (χ4v) is 3.17. The normalized spacial score (nSPS) is 22.4. The summed E-state index contributed by atoms with van der Waals surface area (Å²) in [6, 6.07) is 12.1. The zero-order valence-electron chi connectivity index (χ0n) is 12.5. The second-order valence-electron chi connectivity index (χ2n) is 5.90. The second-order valence-corrected chi connectivity index (χ2v) is 6.30. The number of nitrogens with one attached hydrogen (secondary N) is 2. The Morgan fingerprint density at radius 2 is 1.71 bits per heavy atom. The molecule has 112 valence electrons. The fourth-order valence-electron chi connectivity index (χ4n) is 2.95. The Labute approximate surface area is 131 Å². The molecular weight excluding hydrogens is 284 g/mol. The molecular formula is C17H23ClN2O+2. The maximum atomic E-state index is 6.24. The van der Waals surface area contributed by atoms with Crippen molar-refractivity contribution in [2.24, 2.45) is 0 Å². The van der Waals surface area contributed by atoms with Crippen molar-refractivity contribution in [2.75, 3.05) is 46.4 Å². The van der Waals surface area contributed by atoms with Crippen LogP contribution in [0, 0.1) is 0 Å². The number of hydrogen-bond acceptors (Lipinski definition) is 1. The second kappa shape index (κ2) is 6.65. The Balaban J connectivity index is 1.62. The number of halogens is 1. The summed E-state index contributed by atoms with van der Waals surface area (Å²) >= 11 is 6.24. The number of piperazine rings is 1. The molecule has 0 aliphatic carbocycles. The number of ether oxygens (including phenoxy) is 1. The Morgan fingerprint density at radius 1 is 1.00 bits per heavy atom. The predicted molar refractivity (Wildman–Crippen MR) is 86.6 cm³/mol. The summed E-state index contributed by atoms with van der Waals surface area (Å²) in [5.41, 5.74) is 0. The van der Waals surface area contributed by atoms with Gasteiger partial charge in [-0.1, -0.05) is 35.9 Å². The molecule has 1 saturated heterocycles. The number of benzene rings is 2. The molecule has 0 unspecified atom stereocenters. The van der Waals surface area contributed by atoms with Gasteiger partial charge in [-0.3, -0.25) is 0 Å². The van der Waals surface area contributed by atoms with Crippen molar-refractivity contribution >= 4 is 22.4 Å². The average molecular weight is 307 g/mol. The largest absolute Gasteiger partial charge is 0.487 e. The molecule has 1 aliphatic rings. The van der Waals surface area contributed by atoms with Gasteiger partial charge in [-0.2, -0.15) is 0 Å². The molecule has 1 aliphatic heterocycles. The lowest BCUT2D eigenvalue weighted by Crippen LogP contribution is -3.27. The van der Waals surface area contributed by atoms with Crippen molar-refractivity contribution in [2.45, 2.75) is 0 Å². The Kier molecular flexibility index (Phi) is 4.63. The predicted octanol–water partition coefficient (Wildman–Crippen LogP) is 0.285. The Hall–Kier alpha value is -1.29. The van der Waals surface area contributed by atoms with Gasteiger partial charge >= 0.3 is 0 Å². The first-order chi connectivity index (χ1) is 10.2. The smallest absolute Gasteiger partial charge is 0.137 e. The summed E-state index contributed by atoms with van der Waals surface area (Å²) in [7, 11) is 2.27. The monoisotopic (exact) mass is 306 g/mol. The maximum absolute atomic E-state index is 6.24. The van der Waals surface area contributed by atoms with Gasteiger partial charge in [-0.25, -0.2) is 0 Å². The molecule has 0 saturated carbocycles. The molecule has 4 heteroatoms. The third-order valence-electron chi connectivity index (χ3n) is 4.35. The van der Waals surface area contributed by atoms with E-state index in [2.05, 4.69) is 13.1 Å². The summed E-state index contributed by atoms with van der Waals surface area (Å²) in [6.07, 6.45) is 0. The zero-order valence-corrected chi connectivity index (χ0v) is 13.2. The average Bonchev–Trinajstić information content (AvgIpc) is 2.52. The molecule has 21 heavy (non-hydrogen) atoms. The molecule has 0 aromatic heterocycles. The highest BCUT2D eigenvalue weighted by atomic mass is 35.5. The Morgan fingerprint density at radius 3 is 2.48 bits per heavy atom. The van der Waals surface area contributed by atoms with Crippen LogP contribution >= 0.6 is 11.6 Å². The van der Waals surface area contributed by atoms with Crippen LogP contribution in [0.4, 0.5) is 0 Å². The topological polar surface area (TPSA) is 18.1 Å².